The molecule has 156 valence electrons. The van der Waals surface area contributed by atoms with Crippen LogP contribution in [-0.2, 0) is 17.5 Å². The van der Waals surface area contributed by atoms with Gasteiger partial charge < -0.3 is 9.64 Å². The minimum atomic E-state index is -4.75. The number of benzene rings is 2. The maximum Gasteiger partial charge on any atom is 0.416 e. The number of aliphatic imine (C=N–C) groups is 1. The Hall–Kier alpha value is -2.90. The Morgan fingerprint density at radius 2 is 1.86 bits per heavy atom. The van der Waals surface area contributed by atoms with E-state index in [-0.39, 0.29) is 5.56 Å². The highest BCUT2D eigenvalue weighted by Gasteiger charge is 2.34. The van der Waals surface area contributed by atoms with Gasteiger partial charge in [-0.2, -0.15) is 13.2 Å². The molecule has 0 heterocycles. The molecular weight excluding hydrogens is 388 g/mol. The molecule has 0 bridgehead atoms. The molecule has 0 spiro atoms. The van der Waals surface area contributed by atoms with Crippen molar-refractivity contribution in [3.63, 3.8) is 0 Å². The molecule has 8 heteroatoms. The summed E-state index contributed by atoms with van der Waals surface area (Å²) >= 11 is 0. The number of alkyl halides is 3. The van der Waals surface area contributed by atoms with E-state index < -0.39 is 35.7 Å². The van der Waals surface area contributed by atoms with Gasteiger partial charge in [-0.15, -0.1) is 0 Å². The van der Waals surface area contributed by atoms with Crippen LogP contribution in [0.3, 0.4) is 0 Å². The van der Waals surface area contributed by atoms with Gasteiger partial charge in [-0.3, -0.25) is 0 Å². The van der Waals surface area contributed by atoms with Gasteiger partial charge in [0.2, 0.25) is 0 Å². The van der Waals surface area contributed by atoms with Gasteiger partial charge in [-0.1, -0.05) is 6.07 Å². The summed E-state index contributed by atoms with van der Waals surface area (Å²) in [4.78, 5) is 18.6. The van der Waals surface area contributed by atoms with E-state index in [9.17, 15) is 22.4 Å². The first-order valence-electron chi connectivity index (χ1n) is 8.92. The van der Waals surface area contributed by atoms with Crippen molar-refractivity contribution in [2.75, 3.05) is 13.6 Å². The Balaban J connectivity index is 2.23. The molecule has 0 atom stereocenters. The van der Waals surface area contributed by atoms with E-state index >= 15 is 0 Å². The molecule has 0 aliphatic carbocycles. The maximum absolute atomic E-state index is 13.9. The van der Waals surface area contributed by atoms with E-state index in [4.69, 9.17) is 4.74 Å². The average Bonchev–Trinajstić information content (AvgIpc) is 2.66. The van der Waals surface area contributed by atoms with Crippen molar-refractivity contribution in [2.24, 2.45) is 4.99 Å². The van der Waals surface area contributed by atoms with Gasteiger partial charge in [-0.25, -0.2) is 14.2 Å². The van der Waals surface area contributed by atoms with Gasteiger partial charge in [0.05, 0.1) is 23.2 Å². The van der Waals surface area contributed by atoms with Crippen molar-refractivity contribution in [3.8, 4) is 0 Å². The molecule has 0 fully saturated rings. The van der Waals surface area contributed by atoms with Crippen LogP contribution in [0.5, 0.6) is 0 Å². The first-order chi connectivity index (χ1) is 13.6. The molecule has 0 saturated carbocycles. The minimum Gasteiger partial charge on any atom is -0.457 e. The number of esters is 1. The third kappa shape index (κ3) is 5.34. The topological polar surface area (TPSA) is 41.9 Å². The monoisotopic (exact) mass is 410 g/mol. The van der Waals surface area contributed by atoms with Crippen LogP contribution in [0.4, 0.5) is 23.2 Å². The normalized spacial score (nSPS) is 11.7. The van der Waals surface area contributed by atoms with E-state index in [0.717, 1.165) is 30.3 Å². The predicted octanol–water partition coefficient (Wildman–Crippen LogP) is 5.43. The number of hydrogen-bond donors (Lipinski definition) is 0. The van der Waals surface area contributed by atoms with Gasteiger partial charge in [-0.05, 0) is 56.2 Å². The number of carbonyl (C=O) groups is 1. The zero-order chi connectivity index (χ0) is 21.8. The Morgan fingerprint density at radius 3 is 2.48 bits per heavy atom. The molecule has 0 aromatic heterocycles. The first kappa shape index (κ1) is 22.4. The summed E-state index contributed by atoms with van der Waals surface area (Å²) < 4.78 is 58.1. The van der Waals surface area contributed by atoms with Crippen LogP contribution in [0, 0.1) is 19.7 Å². The highest BCUT2D eigenvalue weighted by atomic mass is 19.4. The molecule has 0 unspecified atom stereocenters. The van der Waals surface area contributed by atoms with Crippen molar-refractivity contribution < 1.29 is 27.1 Å². The fraction of sp³-hybridized carbons (Fsp3) is 0.333. The van der Waals surface area contributed by atoms with Crippen LogP contribution in [0.2, 0.25) is 0 Å². The lowest BCUT2D eigenvalue weighted by atomic mass is 10.0. The van der Waals surface area contributed by atoms with E-state index in [1.807, 2.05) is 18.9 Å². The van der Waals surface area contributed by atoms with Crippen LogP contribution in [0.1, 0.15) is 39.5 Å². The van der Waals surface area contributed by atoms with Crippen LogP contribution >= 0.6 is 0 Å². The summed E-state index contributed by atoms with van der Waals surface area (Å²) in [5.41, 5.74) is 0.313. The maximum atomic E-state index is 13.9. The summed E-state index contributed by atoms with van der Waals surface area (Å²) in [5.74, 6) is -1.91. The molecule has 0 saturated heterocycles. The number of ether oxygens (including phenoxy) is 1. The fourth-order valence-corrected chi connectivity index (χ4v) is 2.60. The predicted molar refractivity (Wildman–Crippen MR) is 103 cm³/mol. The Bertz CT molecular complexity index is 924. The molecule has 2 aromatic carbocycles. The first-order valence-corrected chi connectivity index (χ1v) is 8.92. The van der Waals surface area contributed by atoms with Crippen LogP contribution < -0.4 is 0 Å². The SMILES string of the molecule is CCN(C)C=Nc1ccc(C(=O)OCc2c(F)cccc2C(F)(F)F)c(C)c1C. The lowest BCUT2D eigenvalue weighted by Gasteiger charge is -2.15. The smallest absolute Gasteiger partial charge is 0.416 e. The Morgan fingerprint density at radius 1 is 1.17 bits per heavy atom. The zero-order valence-electron chi connectivity index (χ0n) is 16.6. The summed E-state index contributed by atoms with van der Waals surface area (Å²) in [7, 11) is 1.87. The van der Waals surface area contributed by atoms with E-state index in [1.165, 1.54) is 6.07 Å². The quantitative estimate of drug-likeness (QED) is 0.276. The third-order valence-corrected chi connectivity index (χ3v) is 4.64. The van der Waals surface area contributed by atoms with E-state index in [1.54, 1.807) is 26.3 Å². The lowest BCUT2D eigenvalue weighted by Crippen LogP contribution is -2.15. The van der Waals surface area contributed by atoms with E-state index in [0.29, 0.717) is 11.3 Å². The van der Waals surface area contributed by atoms with Gasteiger partial charge in [0, 0.05) is 19.2 Å². The number of rotatable bonds is 6. The summed E-state index contributed by atoms with van der Waals surface area (Å²) in [5, 5.41) is 0. The molecule has 0 N–H and O–H groups in total. The molecule has 2 rings (SSSR count). The van der Waals surface area contributed by atoms with Crippen LogP contribution in [0.15, 0.2) is 35.3 Å². The Labute approximate surface area is 166 Å². The third-order valence-electron chi connectivity index (χ3n) is 4.64. The Kier molecular flexibility index (Phi) is 7.00. The number of halogens is 4. The zero-order valence-corrected chi connectivity index (χ0v) is 16.6. The van der Waals surface area contributed by atoms with Crippen molar-refractivity contribution >= 4 is 18.0 Å². The van der Waals surface area contributed by atoms with Crippen molar-refractivity contribution in [1.82, 2.24) is 4.90 Å². The summed E-state index contributed by atoms with van der Waals surface area (Å²) in [6.45, 7) is 5.41. The molecule has 29 heavy (non-hydrogen) atoms. The second-order valence-corrected chi connectivity index (χ2v) is 6.54. The molecule has 2 aromatic rings. The van der Waals surface area contributed by atoms with Gasteiger partial charge >= 0.3 is 12.1 Å². The summed E-state index contributed by atoms with van der Waals surface area (Å²) in [6.07, 6.45) is -3.09. The minimum absolute atomic E-state index is 0.190. The van der Waals surface area contributed by atoms with Crippen molar-refractivity contribution in [3.05, 3.63) is 64.0 Å². The van der Waals surface area contributed by atoms with Crippen molar-refractivity contribution in [1.29, 1.82) is 0 Å². The van der Waals surface area contributed by atoms with Crippen molar-refractivity contribution in [2.45, 2.75) is 33.6 Å². The fourth-order valence-electron chi connectivity index (χ4n) is 2.60. The largest absolute Gasteiger partial charge is 0.457 e. The molecule has 0 amide bonds. The molecule has 0 aliphatic heterocycles. The van der Waals surface area contributed by atoms with Gasteiger partial charge in [0.1, 0.15) is 12.4 Å². The standard InChI is InChI=1S/C21H22F4N2O2/c1-5-27(4)12-26-19-10-9-15(13(2)14(19)3)20(28)29-11-16-17(21(23,24)25)7-6-8-18(16)22/h6-10,12H,5,11H2,1-4H3. The highest BCUT2D eigenvalue weighted by Crippen LogP contribution is 2.33. The molecule has 0 radical (unpaired) electrons. The number of carbonyl (C=O) groups excluding carboxylic acids is 1. The lowest BCUT2D eigenvalue weighted by molar-refractivity contribution is -0.139. The molecular formula is C21H22F4N2O2. The van der Waals surface area contributed by atoms with Crippen LogP contribution in [-0.4, -0.2) is 30.8 Å². The van der Waals surface area contributed by atoms with Gasteiger partial charge in [0.25, 0.3) is 0 Å². The van der Waals surface area contributed by atoms with E-state index in [2.05, 4.69) is 4.99 Å². The second-order valence-electron chi connectivity index (χ2n) is 6.54. The second kappa shape index (κ2) is 9.07. The highest BCUT2D eigenvalue weighted by molar-refractivity contribution is 5.92. The summed E-state index contributed by atoms with van der Waals surface area (Å²) in [6, 6.07) is 5.74. The van der Waals surface area contributed by atoms with Gasteiger partial charge in [0.15, 0.2) is 0 Å². The average molecular weight is 410 g/mol. The molecule has 0 aliphatic rings. The number of nitrogens with zero attached hydrogens (tertiary/aromatic N) is 2. The van der Waals surface area contributed by atoms with Crippen LogP contribution in [0.25, 0.3) is 0 Å². The molecule has 4 nitrogen and oxygen atoms in total. The number of hydrogen-bond acceptors (Lipinski definition) is 3.